The Morgan fingerprint density at radius 2 is 2.17 bits per heavy atom. The lowest BCUT2D eigenvalue weighted by Crippen LogP contribution is -2.46. The molecule has 2 aromatic rings. The highest BCUT2D eigenvalue weighted by atomic mass is 16.5. The number of piperidine rings is 1. The molecule has 0 aliphatic carbocycles. The number of pyridine rings is 1. The Morgan fingerprint density at radius 3 is 2.83 bits per heavy atom. The van der Waals surface area contributed by atoms with Gasteiger partial charge in [-0.1, -0.05) is 5.16 Å². The first-order valence-electron chi connectivity index (χ1n) is 7.80. The number of aromatic nitrogens is 2. The average Bonchev–Trinajstić information content (AvgIpc) is 3.07. The molecule has 1 aliphatic rings. The molecule has 3 N–H and O–H groups in total. The van der Waals surface area contributed by atoms with Gasteiger partial charge in [0.05, 0.1) is 6.54 Å². The third-order valence-corrected chi connectivity index (χ3v) is 3.99. The lowest BCUT2D eigenvalue weighted by molar-refractivity contribution is -0.119. The van der Waals surface area contributed by atoms with Gasteiger partial charge in [-0.05, 0) is 25.0 Å². The molecule has 1 saturated heterocycles. The lowest BCUT2D eigenvalue weighted by Gasteiger charge is -2.31. The van der Waals surface area contributed by atoms with E-state index in [4.69, 9.17) is 10.3 Å². The second-order valence-corrected chi connectivity index (χ2v) is 5.81. The Hall–Kier alpha value is -2.74. The van der Waals surface area contributed by atoms with E-state index < -0.39 is 0 Å². The Morgan fingerprint density at radius 1 is 1.38 bits per heavy atom. The minimum atomic E-state index is -0.331. The van der Waals surface area contributed by atoms with E-state index in [1.807, 2.05) is 11.0 Å². The van der Waals surface area contributed by atoms with Crippen molar-refractivity contribution >= 4 is 11.8 Å². The van der Waals surface area contributed by atoms with Crippen molar-refractivity contribution in [3.8, 4) is 11.3 Å². The Balaban J connectivity index is 1.55. The van der Waals surface area contributed by atoms with Gasteiger partial charge in [0.15, 0.2) is 11.5 Å². The molecule has 0 unspecified atom stereocenters. The minimum Gasteiger partial charge on any atom is -0.369 e. The molecule has 0 saturated carbocycles. The Kier molecular flexibility index (Phi) is 4.85. The summed E-state index contributed by atoms with van der Waals surface area (Å²) in [4.78, 5) is 29.2. The maximum atomic E-state index is 12.3. The maximum Gasteiger partial charge on any atom is 0.273 e. The van der Waals surface area contributed by atoms with Gasteiger partial charge < -0.3 is 15.6 Å². The molecule has 2 aromatic heterocycles. The van der Waals surface area contributed by atoms with Gasteiger partial charge in [-0.25, -0.2) is 0 Å². The summed E-state index contributed by atoms with van der Waals surface area (Å²) in [5, 5.41) is 6.78. The molecular formula is C16H19N5O3. The molecule has 3 rings (SSSR count). The standard InChI is InChI=1S/C16H19N5O3/c17-15(22)10-21-6-3-12(4-7-21)19-16(23)13-8-14(24-20-13)11-2-1-5-18-9-11/h1-2,5,8-9,12H,3-4,6-7,10H2,(H2,17,22)(H,19,23). The van der Waals surface area contributed by atoms with Crippen LogP contribution in [-0.4, -0.2) is 52.5 Å². The van der Waals surface area contributed by atoms with E-state index in [1.54, 1.807) is 24.5 Å². The van der Waals surface area contributed by atoms with Gasteiger partial charge >= 0.3 is 0 Å². The van der Waals surface area contributed by atoms with E-state index in [0.717, 1.165) is 31.5 Å². The largest absolute Gasteiger partial charge is 0.369 e. The van der Waals surface area contributed by atoms with Crippen LogP contribution in [0.25, 0.3) is 11.3 Å². The van der Waals surface area contributed by atoms with Crippen molar-refractivity contribution in [3.63, 3.8) is 0 Å². The van der Waals surface area contributed by atoms with Gasteiger partial charge in [-0.15, -0.1) is 0 Å². The summed E-state index contributed by atoms with van der Waals surface area (Å²) in [6.45, 7) is 1.72. The van der Waals surface area contributed by atoms with E-state index in [2.05, 4.69) is 15.5 Å². The molecule has 2 amide bonds. The molecular weight excluding hydrogens is 310 g/mol. The number of nitrogens with one attached hydrogen (secondary N) is 1. The fourth-order valence-electron chi connectivity index (χ4n) is 2.74. The van der Waals surface area contributed by atoms with E-state index in [0.29, 0.717) is 5.76 Å². The highest BCUT2D eigenvalue weighted by molar-refractivity contribution is 5.93. The summed E-state index contributed by atoms with van der Waals surface area (Å²) in [5.41, 5.74) is 6.20. The molecule has 126 valence electrons. The van der Waals surface area contributed by atoms with Crippen molar-refractivity contribution < 1.29 is 14.1 Å². The Bertz CT molecular complexity index is 708. The zero-order valence-corrected chi connectivity index (χ0v) is 13.1. The van der Waals surface area contributed by atoms with Crippen LogP contribution in [0.15, 0.2) is 35.1 Å². The van der Waals surface area contributed by atoms with Crippen molar-refractivity contribution in [2.24, 2.45) is 5.73 Å². The van der Waals surface area contributed by atoms with E-state index in [-0.39, 0.29) is 30.1 Å². The molecule has 0 radical (unpaired) electrons. The number of likely N-dealkylation sites (tertiary alicyclic amines) is 1. The van der Waals surface area contributed by atoms with Crippen LogP contribution in [0.1, 0.15) is 23.3 Å². The number of nitrogens with two attached hydrogens (primary N) is 1. The zero-order valence-electron chi connectivity index (χ0n) is 13.1. The Labute approximate surface area is 139 Å². The molecule has 24 heavy (non-hydrogen) atoms. The molecule has 8 nitrogen and oxygen atoms in total. The van der Waals surface area contributed by atoms with Crippen LogP contribution in [0.2, 0.25) is 0 Å². The predicted molar refractivity (Wildman–Crippen MR) is 85.9 cm³/mol. The van der Waals surface area contributed by atoms with E-state index >= 15 is 0 Å². The third-order valence-electron chi connectivity index (χ3n) is 3.99. The van der Waals surface area contributed by atoms with Gasteiger partial charge in [0.2, 0.25) is 5.91 Å². The van der Waals surface area contributed by atoms with Crippen LogP contribution >= 0.6 is 0 Å². The molecule has 0 aromatic carbocycles. The van der Waals surface area contributed by atoms with Crippen LogP contribution in [0.3, 0.4) is 0 Å². The topological polar surface area (TPSA) is 114 Å². The van der Waals surface area contributed by atoms with Crippen LogP contribution in [0, 0.1) is 0 Å². The van der Waals surface area contributed by atoms with E-state index in [1.165, 1.54) is 0 Å². The number of carbonyl (C=O) groups is 2. The molecule has 0 spiro atoms. The quantitative estimate of drug-likeness (QED) is 0.821. The van der Waals surface area contributed by atoms with Gasteiger partial charge in [0.1, 0.15) is 0 Å². The number of carbonyl (C=O) groups excluding carboxylic acids is 2. The fraction of sp³-hybridized carbons (Fsp3) is 0.375. The van der Waals surface area contributed by atoms with Gasteiger partial charge in [0.25, 0.3) is 5.91 Å². The van der Waals surface area contributed by atoms with Crippen molar-refractivity contribution in [1.29, 1.82) is 0 Å². The highest BCUT2D eigenvalue weighted by Crippen LogP contribution is 2.19. The molecule has 1 fully saturated rings. The van der Waals surface area contributed by atoms with Gasteiger partial charge in [-0.3, -0.25) is 19.5 Å². The van der Waals surface area contributed by atoms with Crippen molar-refractivity contribution in [1.82, 2.24) is 20.4 Å². The lowest BCUT2D eigenvalue weighted by atomic mass is 10.0. The van der Waals surface area contributed by atoms with Crippen molar-refractivity contribution in [2.45, 2.75) is 18.9 Å². The molecule has 8 heteroatoms. The first kappa shape index (κ1) is 16.1. The van der Waals surface area contributed by atoms with Crippen LogP contribution in [0.4, 0.5) is 0 Å². The predicted octanol–water partition coefficient (Wildman–Crippen LogP) is 0.416. The summed E-state index contributed by atoms with van der Waals surface area (Å²) >= 11 is 0. The number of rotatable bonds is 5. The van der Waals surface area contributed by atoms with E-state index in [9.17, 15) is 9.59 Å². The summed E-state index contributed by atoms with van der Waals surface area (Å²) in [6.07, 6.45) is 4.85. The normalized spacial score (nSPS) is 16.0. The maximum absolute atomic E-state index is 12.3. The third kappa shape index (κ3) is 3.96. The molecule has 0 atom stereocenters. The zero-order chi connectivity index (χ0) is 16.9. The first-order chi connectivity index (χ1) is 11.6. The average molecular weight is 329 g/mol. The second kappa shape index (κ2) is 7.22. The molecule has 0 bridgehead atoms. The van der Waals surface area contributed by atoms with Crippen molar-refractivity contribution in [2.75, 3.05) is 19.6 Å². The van der Waals surface area contributed by atoms with Crippen molar-refractivity contribution in [3.05, 3.63) is 36.3 Å². The number of amides is 2. The van der Waals surface area contributed by atoms with Gasteiger partial charge in [-0.2, -0.15) is 0 Å². The SMILES string of the molecule is NC(=O)CN1CCC(NC(=O)c2cc(-c3cccnc3)on2)CC1. The fourth-order valence-corrected chi connectivity index (χ4v) is 2.74. The molecule has 1 aliphatic heterocycles. The van der Waals surface area contributed by atoms with Crippen LogP contribution in [-0.2, 0) is 4.79 Å². The monoisotopic (exact) mass is 329 g/mol. The van der Waals surface area contributed by atoms with Crippen LogP contribution < -0.4 is 11.1 Å². The number of hydrogen-bond donors (Lipinski definition) is 2. The number of primary amides is 1. The smallest absolute Gasteiger partial charge is 0.273 e. The highest BCUT2D eigenvalue weighted by Gasteiger charge is 2.23. The summed E-state index contributed by atoms with van der Waals surface area (Å²) in [6, 6.07) is 5.29. The number of nitrogens with zero attached hydrogens (tertiary/aromatic N) is 3. The molecule has 3 heterocycles. The van der Waals surface area contributed by atoms with Crippen LogP contribution in [0.5, 0.6) is 0 Å². The first-order valence-corrected chi connectivity index (χ1v) is 7.80. The second-order valence-electron chi connectivity index (χ2n) is 5.81. The minimum absolute atomic E-state index is 0.0557. The summed E-state index contributed by atoms with van der Waals surface area (Å²) in [7, 11) is 0. The summed E-state index contributed by atoms with van der Waals surface area (Å²) < 4.78 is 5.21. The summed E-state index contributed by atoms with van der Waals surface area (Å²) in [5.74, 6) is -0.0882. The van der Waals surface area contributed by atoms with Gasteiger partial charge in [0, 0.05) is 43.2 Å². The number of hydrogen-bond acceptors (Lipinski definition) is 6.